The SMILES string of the molecule is CCOC(=O)c1c(C)[nH]c(/C=C(\C#N)c2ccccn2)c1C. The number of ether oxygens (including phenoxy) is 1. The summed E-state index contributed by atoms with van der Waals surface area (Å²) in [6.45, 7) is 5.73. The molecule has 0 aliphatic rings. The zero-order valence-electron chi connectivity index (χ0n) is 12.8. The molecule has 2 heterocycles. The first-order chi connectivity index (χ1) is 10.6. The quantitative estimate of drug-likeness (QED) is 0.693. The highest BCUT2D eigenvalue weighted by atomic mass is 16.5. The van der Waals surface area contributed by atoms with Gasteiger partial charge in [-0.05, 0) is 44.5 Å². The molecule has 0 spiro atoms. The van der Waals surface area contributed by atoms with Crippen LogP contribution in [0, 0.1) is 25.2 Å². The van der Waals surface area contributed by atoms with E-state index in [9.17, 15) is 10.1 Å². The van der Waals surface area contributed by atoms with E-state index in [4.69, 9.17) is 4.74 Å². The maximum atomic E-state index is 12.0. The van der Waals surface area contributed by atoms with Gasteiger partial charge in [0.15, 0.2) is 0 Å². The summed E-state index contributed by atoms with van der Waals surface area (Å²) in [7, 11) is 0. The number of nitrogens with one attached hydrogen (secondary N) is 1. The molecule has 0 amide bonds. The lowest BCUT2D eigenvalue weighted by molar-refractivity contribution is 0.0525. The number of hydrogen-bond acceptors (Lipinski definition) is 4. The average molecular weight is 295 g/mol. The second kappa shape index (κ2) is 6.72. The first kappa shape index (κ1) is 15.5. The molecule has 0 unspecified atom stereocenters. The van der Waals surface area contributed by atoms with Gasteiger partial charge in [-0.25, -0.2) is 4.79 Å². The third kappa shape index (κ3) is 3.07. The minimum Gasteiger partial charge on any atom is -0.462 e. The van der Waals surface area contributed by atoms with E-state index in [0.29, 0.717) is 29.1 Å². The number of pyridine rings is 1. The maximum absolute atomic E-state index is 12.0. The Balaban J connectivity index is 2.46. The molecular weight excluding hydrogens is 278 g/mol. The highest BCUT2D eigenvalue weighted by Gasteiger charge is 2.18. The molecule has 0 saturated heterocycles. The third-order valence-electron chi connectivity index (χ3n) is 3.31. The largest absolute Gasteiger partial charge is 0.462 e. The zero-order chi connectivity index (χ0) is 16.1. The van der Waals surface area contributed by atoms with Crippen LogP contribution in [0.15, 0.2) is 24.4 Å². The molecule has 0 radical (unpaired) electrons. The molecule has 2 aromatic rings. The third-order valence-corrected chi connectivity index (χ3v) is 3.31. The molecule has 0 fully saturated rings. The van der Waals surface area contributed by atoms with Crippen molar-refractivity contribution in [3.05, 3.63) is 52.6 Å². The summed E-state index contributed by atoms with van der Waals surface area (Å²) in [6, 6.07) is 7.53. The topological polar surface area (TPSA) is 78.8 Å². The summed E-state index contributed by atoms with van der Waals surface area (Å²) in [6.07, 6.45) is 3.34. The van der Waals surface area contributed by atoms with Crippen LogP contribution >= 0.6 is 0 Å². The fraction of sp³-hybridized carbons (Fsp3) is 0.235. The van der Waals surface area contributed by atoms with E-state index in [0.717, 1.165) is 11.3 Å². The molecule has 1 N–H and O–H groups in total. The van der Waals surface area contributed by atoms with Crippen LogP contribution in [0.2, 0.25) is 0 Å². The molecular formula is C17H17N3O2. The number of carbonyl (C=O) groups is 1. The summed E-state index contributed by atoms with van der Waals surface area (Å²) in [5.74, 6) is -0.357. The Bertz CT molecular complexity index is 752. The number of allylic oxidation sites excluding steroid dienone is 1. The van der Waals surface area contributed by atoms with E-state index < -0.39 is 0 Å². The number of aryl methyl sites for hydroxylation is 1. The number of carbonyl (C=O) groups excluding carboxylic acids is 1. The summed E-state index contributed by atoms with van der Waals surface area (Å²) in [4.78, 5) is 19.3. The van der Waals surface area contributed by atoms with Crippen LogP contribution in [0.25, 0.3) is 11.6 Å². The van der Waals surface area contributed by atoms with Crippen LogP contribution in [0.5, 0.6) is 0 Å². The van der Waals surface area contributed by atoms with Crippen molar-refractivity contribution in [2.24, 2.45) is 0 Å². The van der Waals surface area contributed by atoms with Gasteiger partial charge in [0.05, 0.1) is 23.4 Å². The fourth-order valence-corrected chi connectivity index (χ4v) is 2.26. The molecule has 0 aliphatic heterocycles. The van der Waals surface area contributed by atoms with Gasteiger partial charge in [0, 0.05) is 17.6 Å². The van der Waals surface area contributed by atoms with E-state index >= 15 is 0 Å². The molecule has 2 rings (SSSR count). The van der Waals surface area contributed by atoms with Gasteiger partial charge in [0.2, 0.25) is 0 Å². The number of nitrogens with zero attached hydrogens (tertiary/aromatic N) is 2. The van der Waals surface area contributed by atoms with E-state index in [1.807, 2.05) is 19.9 Å². The number of hydrogen-bond donors (Lipinski definition) is 1. The summed E-state index contributed by atoms with van der Waals surface area (Å²) >= 11 is 0. The van der Waals surface area contributed by atoms with Gasteiger partial charge in [-0.2, -0.15) is 5.26 Å². The van der Waals surface area contributed by atoms with Crippen molar-refractivity contribution >= 4 is 17.6 Å². The molecule has 0 saturated carbocycles. The van der Waals surface area contributed by atoms with Crippen LogP contribution in [-0.2, 0) is 4.74 Å². The zero-order valence-corrected chi connectivity index (χ0v) is 12.8. The molecule has 0 aromatic carbocycles. The maximum Gasteiger partial charge on any atom is 0.340 e. The van der Waals surface area contributed by atoms with Crippen molar-refractivity contribution in [2.75, 3.05) is 6.61 Å². The van der Waals surface area contributed by atoms with Gasteiger partial charge in [-0.15, -0.1) is 0 Å². The average Bonchev–Trinajstić information content (AvgIpc) is 2.80. The Morgan fingerprint density at radius 2 is 2.23 bits per heavy atom. The van der Waals surface area contributed by atoms with Gasteiger partial charge in [0.25, 0.3) is 0 Å². The standard InChI is InChI=1S/C17H17N3O2/c1-4-22-17(21)16-11(2)15(20-12(16)3)9-13(10-18)14-7-5-6-8-19-14/h5-9,20H,4H2,1-3H3/b13-9+. The first-order valence-electron chi connectivity index (χ1n) is 6.98. The molecule has 0 atom stereocenters. The number of H-pyrrole nitrogens is 1. The molecule has 5 nitrogen and oxygen atoms in total. The highest BCUT2D eigenvalue weighted by molar-refractivity contribution is 5.95. The van der Waals surface area contributed by atoms with Gasteiger partial charge in [-0.1, -0.05) is 6.07 Å². The number of aromatic nitrogens is 2. The van der Waals surface area contributed by atoms with Crippen LogP contribution in [0.3, 0.4) is 0 Å². The van der Waals surface area contributed by atoms with Crippen LogP contribution < -0.4 is 0 Å². The molecule has 22 heavy (non-hydrogen) atoms. The minimum absolute atomic E-state index is 0.325. The lowest BCUT2D eigenvalue weighted by Gasteiger charge is -2.02. The molecule has 112 valence electrons. The van der Waals surface area contributed by atoms with E-state index in [-0.39, 0.29) is 5.97 Å². The Labute approximate surface area is 129 Å². The summed E-state index contributed by atoms with van der Waals surface area (Å²) in [5, 5.41) is 9.34. The van der Waals surface area contributed by atoms with Crippen LogP contribution in [0.4, 0.5) is 0 Å². The number of esters is 1. The van der Waals surface area contributed by atoms with Crippen molar-refractivity contribution in [2.45, 2.75) is 20.8 Å². The van der Waals surface area contributed by atoms with Gasteiger partial charge in [-0.3, -0.25) is 4.98 Å². The second-order valence-corrected chi connectivity index (χ2v) is 4.77. The number of aromatic amines is 1. The molecule has 0 bridgehead atoms. The Morgan fingerprint density at radius 1 is 1.45 bits per heavy atom. The highest BCUT2D eigenvalue weighted by Crippen LogP contribution is 2.23. The Kier molecular flexibility index (Phi) is 4.74. The minimum atomic E-state index is -0.357. The molecule has 2 aromatic heterocycles. The Morgan fingerprint density at radius 3 is 2.82 bits per heavy atom. The predicted octanol–water partition coefficient (Wildman–Crippen LogP) is 3.27. The number of nitriles is 1. The van der Waals surface area contributed by atoms with Crippen molar-refractivity contribution in [1.29, 1.82) is 5.26 Å². The summed E-state index contributed by atoms with van der Waals surface area (Å²) in [5.41, 5.74) is 3.74. The Hall–Kier alpha value is -2.87. The van der Waals surface area contributed by atoms with Crippen LogP contribution in [0.1, 0.15) is 39.9 Å². The van der Waals surface area contributed by atoms with Crippen molar-refractivity contribution < 1.29 is 9.53 Å². The molecule has 5 heteroatoms. The van der Waals surface area contributed by atoms with Gasteiger partial charge in [0.1, 0.15) is 6.07 Å². The van der Waals surface area contributed by atoms with E-state index in [1.54, 1.807) is 31.3 Å². The van der Waals surface area contributed by atoms with Gasteiger partial charge < -0.3 is 9.72 Å². The normalized spacial score (nSPS) is 11.1. The lowest BCUT2D eigenvalue weighted by Crippen LogP contribution is -2.06. The first-order valence-corrected chi connectivity index (χ1v) is 6.98. The van der Waals surface area contributed by atoms with Crippen molar-refractivity contribution in [3.63, 3.8) is 0 Å². The predicted molar refractivity (Wildman–Crippen MR) is 83.9 cm³/mol. The lowest BCUT2D eigenvalue weighted by atomic mass is 10.1. The van der Waals surface area contributed by atoms with Crippen molar-refractivity contribution in [1.82, 2.24) is 9.97 Å². The monoisotopic (exact) mass is 295 g/mol. The van der Waals surface area contributed by atoms with Crippen LogP contribution in [-0.4, -0.2) is 22.5 Å². The van der Waals surface area contributed by atoms with Crippen molar-refractivity contribution in [3.8, 4) is 6.07 Å². The smallest absolute Gasteiger partial charge is 0.340 e. The number of rotatable bonds is 4. The fourth-order valence-electron chi connectivity index (χ4n) is 2.26. The summed E-state index contributed by atoms with van der Waals surface area (Å²) < 4.78 is 5.06. The van der Waals surface area contributed by atoms with E-state index in [1.165, 1.54) is 0 Å². The second-order valence-electron chi connectivity index (χ2n) is 4.77. The molecule has 0 aliphatic carbocycles. The van der Waals surface area contributed by atoms with E-state index in [2.05, 4.69) is 16.0 Å². The van der Waals surface area contributed by atoms with Gasteiger partial charge >= 0.3 is 5.97 Å².